The van der Waals surface area contributed by atoms with Crippen LogP contribution in [0.3, 0.4) is 0 Å². The highest BCUT2D eigenvalue weighted by Crippen LogP contribution is 2.50. The number of aliphatic hydroxyl groups excluding tert-OH is 1. The van der Waals surface area contributed by atoms with E-state index >= 15 is 0 Å². The molecule has 0 bridgehead atoms. The van der Waals surface area contributed by atoms with Crippen molar-refractivity contribution in [3.8, 4) is 0 Å². The van der Waals surface area contributed by atoms with Gasteiger partial charge in [-0.2, -0.15) is 0 Å². The van der Waals surface area contributed by atoms with Crippen LogP contribution >= 0.6 is 0 Å². The third-order valence-corrected chi connectivity index (χ3v) is 5.65. The largest absolute Gasteiger partial charge is 0.512 e. The number of hydrogen-bond acceptors (Lipinski definition) is 2. The maximum Gasteiger partial charge on any atom is 0.0989 e. The van der Waals surface area contributed by atoms with Gasteiger partial charge in [-0.25, -0.2) is 0 Å². The summed E-state index contributed by atoms with van der Waals surface area (Å²) in [5.41, 5.74) is 2.44. The molecule has 0 radical (unpaired) electrons. The van der Waals surface area contributed by atoms with Gasteiger partial charge in [-0.15, -0.1) is 0 Å². The molecule has 0 saturated carbocycles. The van der Waals surface area contributed by atoms with Crippen molar-refractivity contribution < 1.29 is 9.84 Å². The van der Waals surface area contributed by atoms with Gasteiger partial charge in [0.2, 0.25) is 0 Å². The number of ether oxygens (including phenoxy) is 1. The Morgan fingerprint density at radius 1 is 1.22 bits per heavy atom. The van der Waals surface area contributed by atoms with Crippen molar-refractivity contribution in [2.45, 2.75) is 65.1 Å². The van der Waals surface area contributed by atoms with Crippen LogP contribution in [0.25, 0.3) is 0 Å². The van der Waals surface area contributed by atoms with Crippen molar-refractivity contribution in [1.29, 1.82) is 0 Å². The van der Waals surface area contributed by atoms with E-state index in [-0.39, 0.29) is 17.6 Å². The normalized spacial score (nSPS) is 34.9. The molecule has 3 rings (SSSR count). The van der Waals surface area contributed by atoms with E-state index in [9.17, 15) is 5.11 Å². The Bertz CT molecular complexity index is 577. The number of fused-ring (bicyclic) bond motifs is 3. The van der Waals surface area contributed by atoms with Gasteiger partial charge in [0, 0.05) is 5.92 Å². The van der Waals surface area contributed by atoms with Crippen LogP contribution in [-0.4, -0.2) is 16.8 Å². The van der Waals surface area contributed by atoms with E-state index in [0.29, 0.717) is 17.6 Å². The Balaban J connectivity index is 1.91. The zero-order valence-electron chi connectivity index (χ0n) is 14.9. The van der Waals surface area contributed by atoms with E-state index in [0.717, 1.165) is 6.42 Å². The van der Waals surface area contributed by atoms with Crippen LogP contribution in [0, 0.1) is 17.8 Å². The minimum absolute atomic E-state index is 0.0173. The molecule has 0 aromatic rings. The van der Waals surface area contributed by atoms with Crippen LogP contribution in [-0.2, 0) is 4.74 Å². The standard InChI is InChI=1S/C21H30O2/c1-5-6-7-8-15-10-12-18(22)19-16-13-14(2)9-11-17(16)21(3,4)23-20(15)19/h9-13,16-17,19-20,22H,5-8H2,1-4H3. The third kappa shape index (κ3) is 3.06. The van der Waals surface area contributed by atoms with Gasteiger partial charge in [0.1, 0.15) is 0 Å². The Morgan fingerprint density at radius 3 is 2.74 bits per heavy atom. The van der Waals surface area contributed by atoms with Crippen LogP contribution in [0.5, 0.6) is 0 Å². The SMILES string of the molecule is CCCCCC1=CC=C(O)C2C1OC(C)(C)C1C=CC(C)=CC21. The first-order valence-electron chi connectivity index (χ1n) is 9.08. The molecule has 126 valence electrons. The average molecular weight is 314 g/mol. The summed E-state index contributed by atoms with van der Waals surface area (Å²) in [5, 5.41) is 10.6. The molecule has 2 heteroatoms. The molecule has 1 aliphatic heterocycles. The van der Waals surface area contributed by atoms with Gasteiger partial charge in [-0.05, 0) is 51.2 Å². The van der Waals surface area contributed by atoms with Gasteiger partial charge >= 0.3 is 0 Å². The third-order valence-electron chi connectivity index (χ3n) is 5.65. The molecule has 1 N–H and O–H groups in total. The molecular weight excluding hydrogens is 284 g/mol. The monoisotopic (exact) mass is 314 g/mol. The van der Waals surface area contributed by atoms with Gasteiger partial charge < -0.3 is 9.84 Å². The smallest absolute Gasteiger partial charge is 0.0989 e. The Labute approximate surface area is 140 Å². The van der Waals surface area contributed by atoms with Gasteiger partial charge in [0.05, 0.1) is 23.4 Å². The molecule has 0 spiro atoms. The van der Waals surface area contributed by atoms with Crippen LogP contribution in [0.1, 0.15) is 53.4 Å². The van der Waals surface area contributed by atoms with Crippen molar-refractivity contribution in [2.75, 3.05) is 0 Å². The lowest BCUT2D eigenvalue weighted by molar-refractivity contribution is -0.159. The maximum absolute atomic E-state index is 10.6. The molecular formula is C21H30O2. The van der Waals surface area contributed by atoms with Gasteiger partial charge in [-0.3, -0.25) is 0 Å². The van der Waals surface area contributed by atoms with Crippen molar-refractivity contribution in [3.05, 3.63) is 47.3 Å². The van der Waals surface area contributed by atoms with Gasteiger partial charge in [0.15, 0.2) is 0 Å². The number of rotatable bonds is 4. The van der Waals surface area contributed by atoms with E-state index in [1.54, 1.807) is 0 Å². The number of unbranched alkanes of at least 4 members (excludes halogenated alkanes) is 2. The van der Waals surface area contributed by atoms with Crippen molar-refractivity contribution >= 4 is 0 Å². The van der Waals surface area contributed by atoms with Crippen LogP contribution in [0.4, 0.5) is 0 Å². The fraction of sp³-hybridized carbons (Fsp3) is 0.619. The van der Waals surface area contributed by atoms with E-state index < -0.39 is 0 Å². The Kier molecular flexibility index (Phi) is 4.55. The summed E-state index contributed by atoms with van der Waals surface area (Å²) >= 11 is 0. The molecule has 0 aromatic carbocycles. The van der Waals surface area contributed by atoms with Gasteiger partial charge in [-0.1, -0.05) is 49.6 Å². The Hall–Kier alpha value is -1.28. The quantitative estimate of drug-likeness (QED) is 0.695. The molecule has 2 nitrogen and oxygen atoms in total. The van der Waals surface area contributed by atoms with Crippen LogP contribution in [0.15, 0.2) is 47.3 Å². The summed E-state index contributed by atoms with van der Waals surface area (Å²) in [5.74, 6) is 1.19. The first kappa shape index (κ1) is 16.6. The minimum atomic E-state index is -0.207. The fourth-order valence-corrected chi connectivity index (χ4v) is 4.41. The van der Waals surface area contributed by atoms with Crippen molar-refractivity contribution in [3.63, 3.8) is 0 Å². The lowest BCUT2D eigenvalue weighted by Crippen LogP contribution is -2.54. The highest BCUT2D eigenvalue weighted by Gasteiger charge is 2.51. The topological polar surface area (TPSA) is 29.5 Å². The predicted molar refractivity (Wildman–Crippen MR) is 95.3 cm³/mol. The molecule has 23 heavy (non-hydrogen) atoms. The van der Waals surface area contributed by atoms with E-state index in [1.165, 1.54) is 30.4 Å². The molecule has 3 aliphatic rings. The van der Waals surface area contributed by atoms with E-state index in [4.69, 9.17) is 4.74 Å². The molecule has 1 saturated heterocycles. The summed E-state index contributed by atoms with van der Waals surface area (Å²) < 4.78 is 6.55. The highest BCUT2D eigenvalue weighted by atomic mass is 16.5. The molecule has 0 amide bonds. The highest BCUT2D eigenvalue weighted by molar-refractivity contribution is 5.35. The molecule has 1 fully saturated rings. The zero-order chi connectivity index (χ0) is 16.6. The number of hydrogen-bond donors (Lipinski definition) is 1. The minimum Gasteiger partial charge on any atom is -0.512 e. The second-order valence-corrected chi connectivity index (χ2v) is 7.83. The molecule has 4 atom stereocenters. The lowest BCUT2D eigenvalue weighted by atomic mass is 9.64. The number of allylic oxidation sites excluding steroid dienone is 5. The number of aliphatic hydroxyl groups is 1. The van der Waals surface area contributed by atoms with Crippen LogP contribution in [0.2, 0.25) is 0 Å². The second kappa shape index (κ2) is 6.32. The van der Waals surface area contributed by atoms with E-state index in [2.05, 4.69) is 52.0 Å². The van der Waals surface area contributed by atoms with E-state index in [1.807, 2.05) is 6.08 Å². The fourth-order valence-electron chi connectivity index (χ4n) is 4.41. The summed E-state index contributed by atoms with van der Waals surface area (Å²) in [6.07, 6.45) is 15.6. The molecule has 4 unspecified atom stereocenters. The first-order chi connectivity index (χ1) is 10.9. The predicted octanol–water partition coefficient (Wildman–Crippen LogP) is 5.49. The van der Waals surface area contributed by atoms with Crippen molar-refractivity contribution in [1.82, 2.24) is 0 Å². The van der Waals surface area contributed by atoms with Crippen LogP contribution < -0.4 is 0 Å². The Morgan fingerprint density at radius 2 is 2.00 bits per heavy atom. The lowest BCUT2D eigenvalue weighted by Gasteiger charge is -2.52. The second-order valence-electron chi connectivity index (χ2n) is 7.83. The summed E-state index contributed by atoms with van der Waals surface area (Å²) in [6.45, 7) is 8.76. The van der Waals surface area contributed by atoms with Crippen molar-refractivity contribution in [2.24, 2.45) is 17.8 Å². The maximum atomic E-state index is 10.6. The summed E-state index contributed by atoms with van der Waals surface area (Å²) in [6, 6.07) is 0. The summed E-state index contributed by atoms with van der Waals surface area (Å²) in [7, 11) is 0. The molecule has 1 heterocycles. The zero-order valence-corrected chi connectivity index (χ0v) is 14.9. The molecule has 2 aliphatic carbocycles. The average Bonchev–Trinajstić information content (AvgIpc) is 2.48. The first-order valence-corrected chi connectivity index (χ1v) is 9.08. The van der Waals surface area contributed by atoms with Gasteiger partial charge in [0.25, 0.3) is 0 Å². The summed E-state index contributed by atoms with van der Waals surface area (Å²) in [4.78, 5) is 0. The molecule has 0 aromatic heterocycles.